The van der Waals surface area contributed by atoms with Gasteiger partial charge in [0.05, 0.1) is 11.1 Å². The highest BCUT2D eigenvalue weighted by molar-refractivity contribution is 5.91. The Morgan fingerprint density at radius 3 is 2.76 bits per heavy atom. The van der Waals surface area contributed by atoms with E-state index in [0.717, 1.165) is 22.3 Å². The average Bonchev–Trinajstić information content (AvgIpc) is 3.14. The minimum atomic E-state index is 0.470. The number of aromatic amines is 1. The number of nitrogens with one attached hydrogen (secondary N) is 1. The molecule has 6 heteroatoms. The van der Waals surface area contributed by atoms with Crippen molar-refractivity contribution < 1.29 is 4.42 Å². The lowest BCUT2D eigenvalue weighted by Gasteiger charge is -1.95. The van der Waals surface area contributed by atoms with Gasteiger partial charge < -0.3 is 9.40 Å². The molecule has 0 unspecified atom stereocenters. The monoisotopic (exact) mass is 277 g/mol. The maximum Gasteiger partial charge on any atom is 0.249 e. The van der Waals surface area contributed by atoms with Gasteiger partial charge in [-0.05, 0) is 24.3 Å². The average molecular weight is 277 g/mol. The molecule has 3 aromatic heterocycles. The highest BCUT2D eigenvalue weighted by Gasteiger charge is 2.14. The van der Waals surface area contributed by atoms with Gasteiger partial charge >= 0.3 is 0 Å². The van der Waals surface area contributed by atoms with Crippen molar-refractivity contribution in [2.75, 3.05) is 0 Å². The lowest BCUT2D eigenvalue weighted by atomic mass is 10.2. The van der Waals surface area contributed by atoms with Crippen LogP contribution in [0.15, 0.2) is 47.0 Å². The summed E-state index contributed by atoms with van der Waals surface area (Å²) in [6.45, 7) is 1.76. The minimum Gasteiger partial charge on any atom is -0.421 e. The number of hydrogen-bond acceptors (Lipinski definition) is 5. The van der Waals surface area contributed by atoms with Crippen LogP contribution in [0.2, 0.25) is 0 Å². The molecule has 6 nitrogen and oxygen atoms in total. The molecule has 0 saturated heterocycles. The fourth-order valence-electron chi connectivity index (χ4n) is 2.23. The first kappa shape index (κ1) is 11.8. The van der Waals surface area contributed by atoms with E-state index in [9.17, 15) is 0 Å². The molecule has 0 bridgehead atoms. The first-order valence-electron chi connectivity index (χ1n) is 6.52. The van der Waals surface area contributed by atoms with E-state index >= 15 is 0 Å². The van der Waals surface area contributed by atoms with E-state index in [1.54, 1.807) is 13.1 Å². The molecule has 0 spiro atoms. The van der Waals surface area contributed by atoms with Gasteiger partial charge in [0.25, 0.3) is 0 Å². The van der Waals surface area contributed by atoms with Crippen LogP contribution in [0.1, 0.15) is 5.89 Å². The van der Waals surface area contributed by atoms with E-state index in [-0.39, 0.29) is 0 Å². The molecule has 21 heavy (non-hydrogen) atoms. The molecule has 0 radical (unpaired) electrons. The van der Waals surface area contributed by atoms with Crippen molar-refractivity contribution in [3.63, 3.8) is 0 Å². The highest BCUT2D eigenvalue weighted by atomic mass is 16.4. The zero-order chi connectivity index (χ0) is 14.2. The fourth-order valence-corrected chi connectivity index (χ4v) is 2.23. The van der Waals surface area contributed by atoms with Crippen LogP contribution >= 0.6 is 0 Å². The Balaban J connectivity index is 1.92. The molecule has 102 valence electrons. The largest absolute Gasteiger partial charge is 0.421 e. The summed E-state index contributed by atoms with van der Waals surface area (Å²) in [5, 5.41) is 7.93. The van der Waals surface area contributed by atoms with Crippen molar-refractivity contribution in [1.29, 1.82) is 0 Å². The summed E-state index contributed by atoms with van der Waals surface area (Å²) in [6, 6.07) is 11.5. The third-order valence-corrected chi connectivity index (χ3v) is 3.18. The third-order valence-electron chi connectivity index (χ3n) is 3.18. The van der Waals surface area contributed by atoms with E-state index in [1.165, 1.54) is 0 Å². The smallest absolute Gasteiger partial charge is 0.249 e. The van der Waals surface area contributed by atoms with E-state index in [4.69, 9.17) is 4.42 Å². The molecule has 4 rings (SSSR count). The summed E-state index contributed by atoms with van der Waals surface area (Å²) < 4.78 is 5.50. The van der Waals surface area contributed by atoms with Crippen LogP contribution < -0.4 is 0 Å². The molecule has 1 N–H and O–H groups in total. The molecule has 0 aliphatic heterocycles. The first-order chi connectivity index (χ1) is 10.3. The van der Waals surface area contributed by atoms with Gasteiger partial charge in [0.15, 0.2) is 5.82 Å². The number of para-hydroxylation sites is 1. The minimum absolute atomic E-state index is 0.470. The summed E-state index contributed by atoms with van der Waals surface area (Å²) >= 11 is 0. The van der Waals surface area contributed by atoms with E-state index in [0.29, 0.717) is 17.6 Å². The maximum absolute atomic E-state index is 5.50. The summed E-state index contributed by atoms with van der Waals surface area (Å²) in [4.78, 5) is 12.2. The second-order valence-electron chi connectivity index (χ2n) is 4.63. The summed E-state index contributed by atoms with van der Waals surface area (Å²) in [5.41, 5.74) is 3.30. The summed E-state index contributed by atoms with van der Waals surface area (Å²) in [6.07, 6.45) is 1.74. The second-order valence-corrected chi connectivity index (χ2v) is 4.63. The fraction of sp³-hybridized carbons (Fsp3) is 0.0667. The van der Waals surface area contributed by atoms with Crippen LogP contribution in [-0.4, -0.2) is 25.1 Å². The van der Waals surface area contributed by atoms with E-state index < -0.39 is 0 Å². The lowest BCUT2D eigenvalue weighted by Crippen LogP contribution is -1.83. The van der Waals surface area contributed by atoms with Gasteiger partial charge in [0.2, 0.25) is 11.8 Å². The Kier molecular flexibility index (Phi) is 2.53. The number of hydrogen-bond donors (Lipinski definition) is 1. The van der Waals surface area contributed by atoms with E-state index in [2.05, 4.69) is 25.1 Å². The molecule has 0 aliphatic rings. The van der Waals surface area contributed by atoms with Crippen molar-refractivity contribution in [3.05, 3.63) is 48.5 Å². The molecule has 0 aliphatic carbocycles. The molecule has 0 saturated carbocycles. The number of aromatic nitrogens is 5. The van der Waals surface area contributed by atoms with Gasteiger partial charge in [-0.1, -0.05) is 12.1 Å². The third kappa shape index (κ3) is 1.97. The standard InChI is InChI=1S/C15H11N5O/c1-9-19-20-15(21-9)10-5-4-7-11-13(10)18-14(17-11)12-6-2-3-8-16-12/h2-8H,1H3,(H,17,18). The molecule has 0 atom stereocenters. The van der Waals surface area contributed by atoms with E-state index in [1.807, 2.05) is 36.4 Å². The Labute approximate surface area is 119 Å². The zero-order valence-electron chi connectivity index (χ0n) is 11.2. The van der Waals surface area contributed by atoms with Crippen molar-refractivity contribution >= 4 is 11.0 Å². The van der Waals surface area contributed by atoms with Crippen LogP contribution in [-0.2, 0) is 0 Å². The molecule has 0 amide bonds. The normalized spacial score (nSPS) is 11.1. The number of nitrogens with zero attached hydrogens (tertiary/aromatic N) is 4. The molecule has 4 aromatic rings. The Hall–Kier alpha value is -3.02. The van der Waals surface area contributed by atoms with Gasteiger partial charge in [-0.15, -0.1) is 10.2 Å². The number of benzene rings is 1. The predicted octanol–water partition coefficient (Wildman–Crippen LogP) is 2.98. The Morgan fingerprint density at radius 1 is 1.05 bits per heavy atom. The first-order valence-corrected chi connectivity index (χ1v) is 6.52. The number of H-pyrrole nitrogens is 1. The molecule has 3 heterocycles. The van der Waals surface area contributed by atoms with Crippen LogP contribution in [0, 0.1) is 6.92 Å². The lowest BCUT2D eigenvalue weighted by molar-refractivity contribution is 0.533. The quantitative estimate of drug-likeness (QED) is 0.609. The SMILES string of the molecule is Cc1nnc(-c2cccc3[nH]c(-c4ccccn4)nc23)o1. The maximum atomic E-state index is 5.50. The second kappa shape index (κ2) is 4.52. The predicted molar refractivity (Wildman–Crippen MR) is 77.4 cm³/mol. The number of aryl methyl sites for hydroxylation is 1. The van der Waals surface area contributed by atoms with Crippen LogP contribution in [0.4, 0.5) is 0 Å². The summed E-state index contributed by atoms with van der Waals surface area (Å²) in [7, 11) is 0. The Bertz CT molecular complexity index is 910. The highest BCUT2D eigenvalue weighted by Crippen LogP contribution is 2.28. The van der Waals surface area contributed by atoms with Crippen LogP contribution in [0.3, 0.4) is 0 Å². The molecular formula is C15H11N5O. The van der Waals surface area contributed by atoms with Gasteiger partial charge in [-0.3, -0.25) is 4.98 Å². The van der Waals surface area contributed by atoms with Crippen molar-refractivity contribution in [3.8, 4) is 23.0 Å². The van der Waals surface area contributed by atoms with Gasteiger partial charge in [0, 0.05) is 13.1 Å². The molecule has 0 fully saturated rings. The molecule has 1 aromatic carbocycles. The van der Waals surface area contributed by atoms with Crippen molar-refractivity contribution in [2.45, 2.75) is 6.92 Å². The zero-order valence-corrected chi connectivity index (χ0v) is 11.2. The van der Waals surface area contributed by atoms with Crippen LogP contribution in [0.5, 0.6) is 0 Å². The Morgan fingerprint density at radius 2 is 2.00 bits per heavy atom. The topological polar surface area (TPSA) is 80.5 Å². The van der Waals surface area contributed by atoms with Gasteiger partial charge in [-0.2, -0.15) is 0 Å². The van der Waals surface area contributed by atoms with Gasteiger partial charge in [-0.25, -0.2) is 4.98 Å². The van der Waals surface area contributed by atoms with Crippen molar-refractivity contribution in [1.82, 2.24) is 25.1 Å². The number of imidazole rings is 1. The van der Waals surface area contributed by atoms with Gasteiger partial charge in [0.1, 0.15) is 11.2 Å². The van der Waals surface area contributed by atoms with Crippen molar-refractivity contribution in [2.24, 2.45) is 0 Å². The molecular weight excluding hydrogens is 266 g/mol. The van der Waals surface area contributed by atoms with Crippen LogP contribution in [0.25, 0.3) is 34.0 Å². The summed E-state index contributed by atoms with van der Waals surface area (Å²) in [5.74, 6) is 1.72. The number of pyridine rings is 1. The number of rotatable bonds is 2. The number of fused-ring (bicyclic) bond motifs is 1.